The van der Waals surface area contributed by atoms with Crippen molar-refractivity contribution in [1.29, 1.82) is 0 Å². The highest BCUT2D eigenvalue weighted by Gasteiger charge is 2.15. The minimum atomic E-state index is -3.31. The molecule has 16 heavy (non-hydrogen) atoms. The zero-order valence-electron chi connectivity index (χ0n) is 9.07. The molecule has 1 atom stereocenters. The number of hydrogen-bond donors (Lipinski definition) is 1. The van der Waals surface area contributed by atoms with E-state index < -0.39 is 10.0 Å². The van der Waals surface area contributed by atoms with Crippen molar-refractivity contribution in [2.75, 3.05) is 12.8 Å². The van der Waals surface area contributed by atoms with Crippen molar-refractivity contribution in [2.24, 2.45) is 0 Å². The van der Waals surface area contributed by atoms with Gasteiger partial charge in [0, 0.05) is 11.8 Å². The predicted octanol–water partition coefficient (Wildman–Crippen LogP) is 2.93. The van der Waals surface area contributed by atoms with Crippen LogP contribution in [0.1, 0.15) is 13.3 Å². The number of thioether (sulfide) groups is 1. The van der Waals surface area contributed by atoms with Crippen LogP contribution < -0.4 is 4.72 Å². The Labute approximate surface area is 113 Å². The third kappa shape index (κ3) is 4.37. The summed E-state index contributed by atoms with van der Waals surface area (Å²) in [6.45, 7) is 2.57. The molecule has 0 fully saturated rings. The van der Waals surface area contributed by atoms with Crippen LogP contribution in [-0.4, -0.2) is 26.5 Å². The molecule has 0 aliphatic carbocycles. The van der Waals surface area contributed by atoms with E-state index in [-0.39, 0.29) is 0 Å². The summed E-state index contributed by atoms with van der Waals surface area (Å²) in [6.07, 6.45) is 2.86. The Morgan fingerprint density at radius 2 is 2.25 bits per heavy atom. The van der Waals surface area contributed by atoms with Gasteiger partial charge < -0.3 is 0 Å². The molecule has 0 amide bonds. The molecule has 0 aromatic carbocycles. The summed E-state index contributed by atoms with van der Waals surface area (Å²) in [5.41, 5.74) is 0. The molecular weight excluding hydrogens is 330 g/mol. The summed E-state index contributed by atoms with van der Waals surface area (Å²) in [5, 5.41) is 0.470. The van der Waals surface area contributed by atoms with E-state index in [4.69, 9.17) is 0 Å². The lowest BCUT2D eigenvalue weighted by Crippen LogP contribution is -2.25. The van der Waals surface area contributed by atoms with Gasteiger partial charge in [-0.3, -0.25) is 0 Å². The molecule has 1 rings (SSSR count). The van der Waals surface area contributed by atoms with E-state index in [9.17, 15) is 8.42 Å². The van der Waals surface area contributed by atoms with Crippen LogP contribution in [0.3, 0.4) is 0 Å². The van der Waals surface area contributed by atoms with Crippen LogP contribution in [0, 0.1) is 0 Å². The van der Waals surface area contributed by atoms with E-state index in [0.717, 1.165) is 10.2 Å². The standard InChI is InChI=1S/C9H14BrNO2S3/c1-7(14-2)5-6-11-16(12,13)9-4-3-8(10)15-9/h3-4,7,11H,5-6H2,1-2H3. The summed E-state index contributed by atoms with van der Waals surface area (Å²) in [6, 6.07) is 3.35. The molecule has 1 aromatic rings. The van der Waals surface area contributed by atoms with Crippen LogP contribution >= 0.6 is 39.0 Å². The fourth-order valence-electron chi connectivity index (χ4n) is 1.03. The fraction of sp³-hybridized carbons (Fsp3) is 0.556. The first-order valence-electron chi connectivity index (χ1n) is 4.73. The van der Waals surface area contributed by atoms with Gasteiger partial charge in [-0.2, -0.15) is 11.8 Å². The number of rotatable bonds is 6. The Morgan fingerprint density at radius 3 is 2.75 bits per heavy atom. The SMILES string of the molecule is CSC(C)CCNS(=O)(=O)c1ccc(Br)s1. The second-order valence-corrected chi connectivity index (χ2v) is 9.02. The molecule has 1 aromatic heterocycles. The normalized spacial score (nSPS) is 13.9. The van der Waals surface area contributed by atoms with Crippen molar-refractivity contribution < 1.29 is 8.42 Å². The smallest absolute Gasteiger partial charge is 0.210 e. The van der Waals surface area contributed by atoms with Gasteiger partial charge in [-0.1, -0.05) is 6.92 Å². The molecule has 1 heterocycles. The van der Waals surface area contributed by atoms with E-state index in [1.54, 1.807) is 23.9 Å². The second-order valence-electron chi connectivity index (χ2n) is 3.29. The van der Waals surface area contributed by atoms with Gasteiger partial charge in [-0.05, 0) is 40.7 Å². The molecule has 1 unspecified atom stereocenters. The number of thiophene rings is 1. The maximum absolute atomic E-state index is 11.8. The van der Waals surface area contributed by atoms with Gasteiger partial charge in [-0.15, -0.1) is 11.3 Å². The van der Waals surface area contributed by atoms with Gasteiger partial charge in [0.05, 0.1) is 3.79 Å². The first-order chi connectivity index (χ1) is 7.45. The maximum Gasteiger partial charge on any atom is 0.250 e. The van der Waals surface area contributed by atoms with Gasteiger partial charge >= 0.3 is 0 Å². The minimum Gasteiger partial charge on any atom is -0.210 e. The summed E-state index contributed by atoms with van der Waals surface area (Å²) in [7, 11) is -3.31. The highest BCUT2D eigenvalue weighted by Crippen LogP contribution is 2.25. The number of nitrogens with one attached hydrogen (secondary N) is 1. The monoisotopic (exact) mass is 343 g/mol. The molecule has 7 heteroatoms. The summed E-state index contributed by atoms with van der Waals surface area (Å²) < 4.78 is 27.4. The van der Waals surface area contributed by atoms with Crippen LogP contribution in [0.2, 0.25) is 0 Å². The first kappa shape index (κ1) is 14.5. The van der Waals surface area contributed by atoms with Gasteiger partial charge in [0.15, 0.2) is 0 Å². The van der Waals surface area contributed by atoms with Crippen LogP contribution in [0.25, 0.3) is 0 Å². The quantitative estimate of drug-likeness (QED) is 0.863. The lowest BCUT2D eigenvalue weighted by atomic mass is 10.3. The van der Waals surface area contributed by atoms with Crippen LogP contribution in [0.15, 0.2) is 20.1 Å². The van der Waals surface area contributed by atoms with E-state index in [1.165, 1.54) is 11.3 Å². The molecule has 0 bridgehead atoms. The van der Waals surface area contributed by atoms with Crippen LogP contribution in [-0.2, 0) is 10.0 Å². The van der Waals surface area contributed by atoms with E-state index in [2.05, 4.69) is 27.6 Å². The summed E-state index contributed by atoms with van der Waals surface area (Å²) in [4.78, 5) is 0. The molecule has 3 nitrogen and oxygen atoms in total. The Kier molecular flexibility index (Phi) is 5.79. The molecule has 1 N–H and O–H groups in total. The van der Waals surface area contributed by atoms with Gasteiger partial charge in [-0.25, -0.2) is 13.1 Å². The van der Waals surface area contributed by atoms with Crippen molar-refractivity contribution in [3.8, 4) is 0 Å². The largest absolute Gasteiger partial charge is 0.250 e. The molecule has 0 aliphatic heterocycles. The van der Waals surface area contributed by atoms with Crippen molar-refractivity contribution in [1.82, 2.24) is 4.72 Å². The van der Waals surface area contributed by atoms with Crippen molar-refractivity contribution in [2.45, 2.75) is 22.8 Å². The highest BCUT2D eigenvalue weighted by atomic mass is 79.9. The first-order valence-corrected chi connectivity index (χ1v) is 9.11. The Hall–Kier alpha value is 0.440. The Morgan fingerprint density at radius 1 is 1.56 bits per heavy atom. The molecule has 0 saturated heterocycles. The van der Waals surface area contributed by atoms with Gasteiger partial charge in [0.2, 0.25) is 10.0 Å². The van der Waals surface area contributed by atoms with E-state index in [1.807, 2.05) is 6.26 Å². The number of halogens is 1. The van der Waals surface area contributed by atoms with Crippen molar-refractivity contribution in [3.05, 3.63) is 15.9 Å². The fourth-order valence-corrected chi connectivity index (χ4v) is 4.48. The number of sulfonamides is 1. The lowest BCUT2D eigenvalue weighted by molar-refractivity contribution is 0.581. The molecule has 0 radical (unpaired) electrons. The van der Waals surface area contributed by atoms with Crippen molar-refractivity contribution >= 4 is 49.1 Å². The summed E-state index contributed by atoms with van der Waals surface area (Å²) >= 11 is 6.21. The average molecular weight is 344 g/mol. The number of hydrogen-bond acceptors (Lipinski definition) is 4. The predicted molar refractivity (Wildman–Crippen MR) is 74.8 cm³/mol. The molecule has 0 saturated carbocycles. The zero-order chi connectivity index (χ0) is 12.2. The van der Waals surface area contributed by atoms with Crippen molar-refractivity contribution in [3.63, 3.8) is 0 Å². The van der Waals surface area contributed by atoms with Gasteiger partial charge in [0.1, 0.15) is 4.21 Å². The van der Waals surface area contributed by atoms with Crippen LogP contribution in [0.4, 0.5) is 0 Å². The third-order valence-corrected chi connectivity index (χ3v) is 6.68. The molecule has 0 spiro atoms. The molecule has 0 aliphatic rings. The Balaban J connectivity index is 2.53. The van der Waals surface area contributed by atoms with E-state index >= 15 is 0 Å². The van der Waals surface area contributed by atoms with Crippen LogP contribution in [0.5, 0.6) is 0 Å². The van der Waals surface area contributed by atoms with Gasteiger partial charge in [0.25, 0.3) is 0 Å². The third-order valence-electron chi connectivity index (χ3n) is 2.06. The lowest BCUT2D eigenvalue weighted by Gasteiger charge is -2.08. The zero-order valence-corrected chi connectivity index (χ0v) is 13.1. The topological polar surface area (TPSA) is 46.2 Å². The highest BCUT2D eigenvalue weighted by molar-refractivity contribution is 9.11. The Bertz CT molecular complexity index is 430. The van der Waals surface area contributed by atoms with E-state index in [0.29, 0.717) is 16.0 Å². The maximum atomic E-state index is 11.8. The summed E-state index contributed by atoms with van der Waals surface area (Å²) in [5.74, 6) is 0. The molecular formula is C9H14BrNO2S3. The average Bonchev–Trinajstić information content (AvgIpc) is 2.65. The second kappa shape index (κ2) is 6.39. The minimum absolute atomic E-state index is 0.358. The molecule has 92 valence electrons.